The summed E-state index contributed by atoms with van der Waals surface area (Å²) in [5.74, 6) is -0.721. The average molecular weight is 306 g/mol. The Kier molecular flexibility index (Phi) is 4.56. The number of thioether (sulfide) groups is 1. The highest BCUT2D eigenvalue weighted by Gasteiger charge is 2.13. The van der Waals surface area contributed by atoms with Crippen molar-refractivity contribution < 1.29 is 9.90 Å². The molecule has 0 unspecified atom stereocenters. The molecule has 0 spiro atoms. The van der Waals surface area contributed by atoms with E-state index in [1.54, 1.807) is 12.1 Å². The van der Waals surface area contributed by atoms with Crippen molar-refractivity contribution >= 4 is 29.3 Å². The van der Waals surface area contributed by atoms with Gasteiger partial charge < -0.3 is 5.11 Å². The maximum Gasteiger partial charge on any atom is 0.356 e. The highest BCUT2D eigenvalue weighted by molar-refractivity contribution is 7.98. The largest absolute Gasteiger partial charge is 0.476 e. The maximum atomic E-state index is 10.9. The molecule has 0 amide bonds. The summed E-state index contributed by atoms with van der Waals surface area (Å²) in [6.45, 7) is 0. The summed E-state index contributed by atoms with van der Waals surface area (Å²) in [6.07, 6.45) is 1.26. The molecule has 0 bridgehead atoms. The summed E-state index contributed by atoms with van der Waals surface area (Å²) in [5.41, 5.74) is 1.19. The van der Waals surface area contributed by atoms with Gasteiger partial charge in [0.1, 0.15) is 0 Å². The number of nitriles is 1. The second-order valence-corrected chi connectivity index (χ2v) is 5.06. The third-order valence-corrected chi connectivity index (χ3v) is 3.61. The molecule has 100 valence electrons. The number of carboxylic acids is 1. The van der Waals surface area contributed by atoms with Gasteiger partial charge in [0.2, 0.25) is 0 Å². The fraction of sp³-hybridized carbons (Fsp3) is 0.0769. The molecule has 0 radical (unpaired) electrons. The minimum absolute atomic E-state index is 0.000671. The van der Waals surface area contributed by atoms with Gasteiger partial charge in [0.25, 0.3) is 0 Å². The van der Waals surface area contributed by atoms with Crippen LogP contribution in [0.1, 0.15) is 21.6 Å². The normalized spacial score (nSPS) is 10.0. The number of rotatable bonds is 4. The second-order valence-electron chi connectivity index (χ2n) is 3.71. The minimum atomic E-state index is -1.20. The molecular weight excluding hydrogens is 298 g/mol. The number of aromatic nitrogens is 2. The molecule has 1 N–H and O–H groups in total. The van der Waals surface area contributed by atoms with E-state index in [-0.39, 0.29) is 10.7 Å². The number of hydrogen-bond donors (Lipinski definition) is 1. The van der Waals surface area contributed by atoms with Crippen molar-refractivity contribution in [1.82, 2.24) is 9.97 Å². The van der Waals surface area contributed by atoms with Crippen LogP contribution in [-0.4, -0.2) is 21.0 Å². The van der Waals surface area contributed by atoms with Crippen LogP contribution in [0, 0.1) is 11.3 Å². The molecule has 2 rings (SSSR count). The van der Waals surface area contributed by atoms with E-state index < -0.39 is 5.97 Å². The standard InChI is InChI=1S/C13H8ClN3O2S/c14-10-6-16-13(17-11(10)12(18)19)20-7-9-4-2-1-3-8(9)5-15/h1-4,6H,7H2,(H,18,19). The number of hydrogen-bond acceptors (Lipinski definition) is 5. The summed E-state index contributed by atoms with van der Waals surface area (Å²) in [5, 5.41) is 18.2. The topological polar surface area (TPSA) is 86.9 Å². The molecule has 20 heavy (non-hydrogen) atoms. The number of halogens is 1. The zero-order valence-electron chi connectivity index (χ0n) is 10.1. The molecule has 0 aliphatic heterocycles. The Balaban J connectivity index is 2.18. The van der Waals surface area contributed by atoms with E-state index in [1.807, 2.05) is 12.1 Å². The fourth-order valence-electron chi connectivity index (χ4n) is 1.47. The lowest BCUT2D eigenvalue weighted by molar-refractivity contribution is 0.0689. The Labute approximate surface area is 124 Å². The Morgan fingerprint density at radius 2 is 2.20 bits per heavy atom. The minimum Gasteiger partial charge on any atom is -0.476 e. The van der Waals surface area contributed by atoms with Crippen molar-refractivity contribution in [3.8, 4) is 6.07 Å². The van der Waals surface area contributed by atoms with Crippen molar-refractivity contribution in [2.24, 2.45) is 0 Å². The molecule has 0 aliphatic carbocycles. The van der Waals surface area contributed by atoms with E-state index in [9.17, 15) is 4.79 Å². The first-order chi connectivity index (χ1) is 9.61. The van der Waals surface area contributed by atoms with Crippen LogP contribution in [0.4, 0.5) is 0 Å². The first-order valence-electron chi connectivity index (χ1n) is 5.48. The molecule has 0 fully saturated rings. The van der Waals surface area contributed by atoms with Crippen molar-refractivity contribution in [2.45, 2.75) is 10.9 Å². The maximum absolute atomic E-state index is 10.9. The number of carbonyl (C=O) groups is 1. The SMILES string of the molecule is N#Cc1ccccc1CSc1ncc(Cl)c(C(=O)O)n1. The van der Waals surface area contributed by atoms with Gasteiger partial charge in [-0.15, -0.1) is 0 Å². The molecule has 2 aromatic rings. The molecule has 0 saturated heterocycles. The lowest BCUT2D eigenvalue weighted by Gasteiger charge is -2.04. The van der Waals surface area contributed by atoms with Crippen LogP contribution >= 0.6 is 23.4 Å². The zero-order valence-corrected chi connectivity index (χ0v) is 11.6. The van der Waals surface area contributed by atoms with Crippen LogP contribution in [0.2, 0.25) is 5.02 Å². The number of carboxylic acid groups (broad SMARTS) is 1. The molecule has 0 saturated carbocycles. The highest BCUT2D eigenvalue weighted by atomic mass is 35.5. The van der Waals surface area contributed by atoms with E-state index >= 15 is 0 Å². The van der Waals surface area contributed by atoms with Crippen LogP contribution in [0.25, 0.3) is 0 Å². The fourth-order valence-corrected chi connectivity index (χ4v) is 2.46. The van der Waals surface area contributed by atoms with Gasteiger partial charge in [-0.25, -0.2) is 14.8 Å². The first-order valence-corrected chi connectivity index (χ1v) is 6.85. The predicted octanol–water partition coefficient (Wildman–Crippen LogP) is 2.99. The van der Waals surface area contributed by atoms with E-state index in [2.05, 4.69) is 16.0 Å². The molecule has 7 heteroatoms. The van der Waals surface area contributed by atoms with Crippen LogP contribution in [0.3, 0.4) is 0 Å². The molecule has 5 nitrogen and oxygen atoms in total. The van der Waals surface area contributed by atoms with Crippen molar-refractivity contribution in [2.75, 3.05) is 0 Å². The third kappa shape index (κ3) is 3.26. The summed E-state index contributed by atoms with van der Waals surface area (Å²) >= 11 is 6.95. The van der Waals surface area contributed by atoms with Gasteiger partial charge in [-0.2, -0.15) is 5.26 Å². The predicted molar refractivity (Wildman–Crippen MR) is 74.7 cm³/mol. The molecule has 1 aromatic heterocycles. The van der Waals surface area contributed by atoms with E-state index in [4.69, 9.17) is 22.0 Å². The molecular formula is C13H8ClN3O2S. The molecule has 1 aromatic carbocycles. The quantitative estimate of drug-likeness (QED) is 0.690. The molecule has 1 heterocycles. The Hall–Kier alpha value is -2.10. The van der Waals surface area contributed by atoms with Crippen LogP contribution in [0.15, 0.2) is 35.6 Å². The summed E-state index contributed by atoms with van der Waals surface area (Å²) in [6, 6.07) is 9.28. The Morgan fingerprint density at radius 3 is 2.90 bits per heavy atom. The summed E-state index contributed by atoms with van der Waals surface area (Å²) in [4.78, 5) is 18.8. The van der Waals surface area contributed by atoms with Gasteiger partial charge >= 0.3 is 5.97 Å². The van der Waals surface area contributed by atoms with Gasteiger partial charge in [0.05, 0.1) is 22.9 Å². The van der Waals surface area contributed by atoms with E-state index in [1.165, 1.54) is 18.0 Å². The summed E-state index contributed by atoms with van der Waals surface area (Å²) in [7, 11) is 0. The van der Waals surface area contributed by atoms with E-state index in [0.717, 1.165) is 5.56 Å². The van der Waals surface area contributed by atoms with Crippen molar-refractivity contribution in [3.05, 3.63) is 52.3 Å². The van der Waals surface area contributed by atoms with Crippen LogP contribution in [0.5, 0.6) is 0 Å². The number of nitrogens with zero attached hydrogens (tertiary/aromatic N) is 3. The van der Waals surface area contributed by atoms with Crippen LogP contribution < -0.4 is 0 Å². The average Bonchev–Trinajstić information content (AvgIpc) is 2.46. The molecule has 0 atom stereocenters. The van der Waals surface area contributed by atoms with Crippen molar-refractivity contribution in [3.63, 3.8) is 0 Å². The van der Waals surface area contributed by atoms with E-state index in [0.29, 0.717) is 16.5 Å². The van der Waals surface area contributed by atoms with Gasteiger partial charge in [0, 0.05) is 5.75 Å². The van der Waals surface area contributed by atoms with Gasteiger partial charge in [-0.3, -0.25) is 0 Å². The van der Waals surface area contributed by atoms with Gasteiger partial charge in [0.15, 0.2) is 10.9 Å². The summed E-state index contributed by atoms with van der Waals surface area (Å²) < 4.78 is 0. The lowest BCUT2D eigenvalue weighted by Crippen LogP contribution is -2.03. The number of benzene rings is 1. The smallest absolute Gasteiger partial charge is 0.356 e. The first kappa shape index (κ1) is 14.3. The number of aromatic carboxylic acids is 1. The monoisotopic (exact) mass is 305 g/mol. The van der Waals surface area contributed by atoms with Gasteiger partial charge in [-0.05, 0) is 11.6 Å². The van der Waals surface area contributed by atoms with Crippen molar-refractivity contribution in [1.29, 1.82) is 5.26 Å². The zero-order chi connectivity index (χ0) is 14.5. The molecule has 0 aliphatic rings. The second kappa shape index (κ2) is 6.37. The Bertz CT molecular complexity index is 700. The van der Waals surface area contributed by atoms with Crippen LogP contribution in [-0.2, 0) is 5.75 Å². The van der Waals surface area contributed by atoms with Gasteiger partial charge in [-0.1, -0.05) is 41.6 Å². The third-order valence-electron chi connectivity index (χ3n) is 2.42. The Morgan fingerprint density at radius 1 is 1.45 bits per heavy atom. The highest BCUT2D eigenvalue weighted by Crippen LogP contribution is 2.23. The lowest BCUT2D eigenvalue weighted by atomic mass is 10.1.